The summed E-state index contributed by atoms with van der Waals surface area (Å²) in [5.41, 5.74) is 11.0. The summed E-state index contributed by atoms with van der Waals surface area (Å²) in [7, 11) is 0. The quantitative estimate of drug-likeness (QED) is 0.482. The average Bonchev–Trinajstić information content (AvgIpc) is 3.29. The molecule has 0 saturated carbocycles. The van der Waals surface area contributed by atoms with Gasteiger partial charge in [0, 0.05) is 32.2 Å². The molecule has 178 valence electrons. The number of nitrogens with zero attached hydrogens (tertiary/aromatic N) is 5. The minimum absolute atomic E-state index is 0.184. The van der Waals surface area contributed by atoms with Crippen LogP contribution in [0.2, 0.25) is 0 Å². The fraction of sp³-hybridized carbons (Fsp3) is 0.423. The van der Waals surface area contributed by atoms with E-state index in [2.05, 4.69) is 31.9 Å². The Morgan fingerprint density at radius 2 is 1.56 bits per heavy atom. The van der Waals surface area contributed by atoms with E-state index in [-0.39, 0.29) is 6.01 Å². The molecule has 0 aliphatic carbocycles. The van der Waals surface area contributed by atoms with Crippen LogP contribution in [0.3, 0.4) is 0 Å². The first-order valence-corrected chi connectivity index (χ1v) is 12.2. The van der Waals surface area contributed by atoms with Gasteiger partial charge >= 0.3 is 0 Å². The minimum Gasteiger partial charge on any atom is -0.424 e. The van der Waals surface area contributed by atoms with Crippen LogP contribution in [0.4, 0.5) is 11.8 Å². The molecule has 8 nitrogen and oxygen atoms in total. The van der Waals surface area contributed by atoms with Gasteiger partial charge in [0.25, 0.3) is 6.01 Å². The van der Waals surface area contributed by atoms with Crippen LogP contribution in [-0.4, -0.2) is 65.3 Å². The zero-order chi connectivity index (χ0) is 23.5. The molecule has 0 unspecified atom stereocenters. The summed E-state index contributed by atoms with van der Waals surface area (Å²) in [5.74, 6) is 0.954. The molecule has 0 atom stereocenters. The smallest absolute Gasteiger partial charge is 0.292 e. The highest BCUT2D eigenvalue weighted by molar-refractivity contribution is 5.86. The molecule has 2 aliphatic heterocycles. The van der Waals surface area contributed by atoms with Gasteiger partial charge < -0.3 is 19.8 Å². The molecule has 2 saturated heterocycles. The van der Waals surface area contributed by atoms with Crippen LogP contribution in [0.1, 0.15) is 26.7 Å². The van der Waals surface area contributed by atoms with Crippen molar-refractivity contribution in [1.82, 2.24) is 19.9 Å². The summed E-state index contributed by atoms with van der Waals surface area (Å²) in [4.78, 5) is 18.8. The molecule has 2 aromatic heterocycles. The summed E-state index contributed by atoms with van der Waals surface area (Å²) in [6, 6.07) is 12.9. The average molecular weight is 461 g/mol. The second-order valence-electron chi connectivity index (χ2n) is 8.53. The highest BCUT2D eigenvalue weighted by atomic mass is 16.5. The van der Waals surface area contributed by atoms with Crippen molar-refractivity contribution in [3.8, 4) is 11.1 Å². The van der Waals surface area contributed by atoms with E-state index in [1.165, 1.54) is 0 Å². The van der Waals surface area contributed by atoms with Gasteiger partial charge in [-0.3, -0.25) is 9.88 Å². The first kappa shape index (κ1) is 22.6. The second kappa shape index (κ2) is 9.95. The number of hydrogen-bond acceptors (Lipinski definition) is 8. The van der Waals surface area contributed by atoms with Crippen LogP contribution in [-0.2, 0) is 4.74 Å². The van der Waals surface area contributed by atoms with Crippen LogP contribution in [0.15, 0.2) is 47.0 Å². The van der Waals surface area contributed by atoms with E-state index in [0.29, 0.717) is 11.6 Å². The molecule has 4 heterocycles. The number of aromatic nitrogens is 3. The minimum atomic E-state index is 0.184. The Bertz CT molecular complexity index is 1260. The third-order valence-electron chi connectivity index (χ3n) is 6.62. The summed E-state index contributed by atoms with van der Waals surface area (Å²) in [6.07, 6.45) is 4.21. The molecule has 2 N–H and O–H groups in total. The molecule has 2 fully saturated rings. The normalized spacial score (nSPS) is 17.6. The Kier molecular flexibility index (Phi) is 6.60. The molecule has 2 aromatic carbocycles. The molecule has 0 spiro atoms. The van der Waals surface area contributed by atoms with E-state index in [4.69, 9.17) is 19.9 Å². The highest BCUT2D eigenvalue weighted by Gasteiger charge is 2.26. The molecule has 34 heavy (non-hydrogen) atoms. The number of benzene rings is 2. The van der Waals surface area contributed by atoms with Gasteiger partial charge in [-0.1, -0.05) is 26.0 Å². The van der Waals surface area contributed by atoms with Gasteiger partial charge in [0.1, 0.15) is 11.3 Å². The number of anilines is 2. The SMILES string of the molecule is CC.Nc1nc2cc(-c3ccc4ncc(N5CCC(N6CCOCC6)CC5)nc4c3)ccc2o1. The molecule has 0 radical (unpaired) electrons. The fourth-order valence-electron chi connectivity index (χ4n) is 4.86. The van der Waals surface area contributed by atoms with Crippen molar-refractivity contribution < 1.29 is 9.15 Å². The van der Waals surface area contributed by atoms with E-state index in [1.54, 1.807) is 0 Å². The van der Waals surface area contributed by atoms with Gasteiger partial charge in [-0.25, -0.2) is 4.98 Å². The van der Waals surface area contributed by atoms with Crippen molar-refractivity contribution in [3.63, 3.8) is 0 Å². The highest BCUT2D eigenvalue weighted by Crippen LogP contribution is 2.28. The lowest BCUT2D eigenvalue weighted by atomic mass is 10.0. The lowest BCUT2D eigenvalue weighted by Crippen LogP contribution is -2.49. The number of oxazole rings is 1. The van der Waals surface area contributed by atoms with Crippen molar-refractivity contribution in [1.29, 1.82) is 0 Å². The maximum atomic E-state index is 5.68. The maximum Gasteiger partial charge on any atom is 0.292 e. The van der Waals surface area contributed by atoms with Crippen molar-refractivity contribution in [2.24, 2.45) is 0 Å². The van der Waals surface area contributed by atoms with Crippen molar-refractivity contribution in [3.05, 3.63) is 42.6 Å². The number of morpholine rings is 1. The van der Waals surface area contributed by atoms with Crippen LogP contribution in [0.5, 0.6) is 0 Å². The third kappa shape index (κ3) is 4.56. The Labute approximate surface area is 199 Å². The molecule has 0 bridgehead atoms. The van der Waals surface area contributed by atoms with Gasteiger partial charge in [0.15, 0.2) is 5.58 Å². The molecular weight excluding hydrogens is 428 g/mol. The molecule has 6 rings (SSSR count). The van der Waals surface area contributed by atoms with Gasteiger partial charge in [-0.2, -0.15) is 4.98 Å². The number of nitrogens with two attached hydrogens (primary N) is 1. The predicted molar refractivity (Wildman–Crippen MR) is 136 cm³/mol. The topological polar surface area (TPSA) is 93.5 Å². The number of nitrogen functional groups attached to an aromatic ring is 1. The van der Waals surface area contributed by atoms with Crippen LogP contribution >= 0.6 is 0 Å². The fourth-order valence-corrected chi connectivity index (χ4v) is 4.86. The van der Waals surface area contributed by atoms with Gasteiger partial charge in [0.05, 0.1) is 30.4 Å². The van der Waals surface area contributed by atoms with E-state index in [1.807, 2.05) is 44.3 Å². The van der Waals surface area contributed by atoms with E-state index >= 15 is 0 Å². The predicted octanol–water partition coefficient (Wildman–Crippen LogP) is 4.35. The Balaban J connectivity index is 0.00000117. The zero-order valence-electron chi connectivity index (χ0n) is 19.9. The zero-order valence-corrected chi connectivity index (χ0v) is 19.9. The molecule has 8 heteroatoms. The van der Waals surface area contributed by atoms with Crippen molar-refractivity contribution >= 4 is 34.0 Å². The van der Waals surface area contributed by atoms with Crippen LogP contribution < -0.4 is 10.6 Å². The van der Waals surface area contributed by atoms with Gasteiger partial charge in [-0.05, 0) is 48.2 Å². The second-order valence-corrected chi connectivity index (χ2v) is 8.53. The number of hydrogen-bond donors (Lipinski definition) is 1. The molecule has 0 amide bonds. The summed E-state index contributed by atoms with van der Waals surface area (Å²) < 4.78 is 10.9. The number of fused-ring (bicyclic) bond motifs is 2. The largest absolute Gasteiger partial charge is 0.424 e. The summed E-state index contributed by atoms with van der Waals surface area (Å²) >= 11 is 0. The first-order chi connectivity index (χ1) is 16.7. The first-order valence-electron chi connectivity index (χ1n) is 12.2. The Morgan fingerprint density at radius 1 is 0.853 bits per heavy atom. The lowest BCUT2D eigenvalue weighted by Gasteiger charge is -2.40. The summed E-state index contributed by atoms with van der Waals surface area (Å²) in [6.45, 7) is 9.83. The number of rotatable bonds is 3. The van der Waals surface area contributed by atoms with Crippen LogP contribution in [0.25, 0.3) is 33.3 Å². The lowest BCUT2D eigenvalue weighted by molar-refractivity contribution is 0.0115. The molecule has 2 aliphatic rings. The van der Waals surface area contributed by atoms with Gasteiger partial charge in [-0.15, -0.1) is 0 Å². The van der Waals surface area contributed by atoms with E-state index in [0.717, 1.165) is 85.7 Å². The monoisotopic (exact) mass is 460 g/mol. The molecule has 4 aromatic rings. The maximum absolute atomic E-state index is 5.68. The van der Waals surface area contributed by atoms with Crippen molar-refractivity contribution in [2.45, 2.75) is 32.7 Å². The standard InChI is InChI=1S/C24H26N6O2.C2H6/c25-24-28-21-14-17(2-4-22(21)32-24)16-1-3-19-20(13-16)27-23(15-26-19)30-7-5-18(6-8-30)29-9-11-31-12-10-29;1-2/h1-4,13-15,18H,5-12H2,(H2,25,28);1-2H3. The Hall–Kier alpha value is -3.23. The summed E-state index contributed by atoms with van der Waals surface area (Å²) in [5, 5.41) is 0. The Morgan fingerprint density at radius 3 is 2.32 bits per heavy atom. The number of ether oxygens (including phenoxy) is 1. The van der Waals surface area contributed by atoms with Crippen molar-refractivity contribution in [2.75, 3.05) is 50.0 Å². The van der Waals surface area contributed by atoms with E-state index < -0.39 is 0 Å². The van der Waals surface area contributed by atoms with Crippen LogP contribution in [0, 0.1) is 0 Å². The van der Waals surface area contributed by atoms with Gasteiger partial charge in [0.2, 0.25) is 0 Å². The molecular formula is C26H32N6O2. The third-order valence-corrected chi connectivity index (χ3v) is 6.62. The van der Waals surface area contributed by atoms with E-state index in [9.17, 15) is 0 Å². The number of piperidine rings is 1.